The van der Waals surface area contributed by atoms with Crippen molar-refractivity contribution in [3.63, 3.8) is 0 Å². The molecule has 5 rings (SSSR count). The number of aromatic nitrogens is 1. The van der Waals surface area contributed by atoms with Gasteiger partial charge in [0.15, 0.2) is 5.78 Å². The number of ketones is 1. The van der Waals surface area contributed by atoms with E-state index in [-0.39, 0.29) is 24.2 Å². The summed E-state index contributed by atoms with van der Waals surface area (Å²) in [6.07, 6.45) is 5.98. The van der Waals surface area contributed by atoms with Crippen molar-refractivity contribution in [3.8, 4) is 0 Å². The summed E-state index contributed by atoms with van der Waals surface area (Å²) in [5.74, 6) is -1.18. The first kappa shape index (κ1) is 22.1. The molecule has 0 saturated heterocycles. The SMILES string of the molecule is Cc1c(C2=CNC(C(=O)Cc3ccccc3)C3=C2CCCC3)c2cc(F)ccc2n1CC(=O)O. The summed E-state index contributed by atoms with van der Waals surface area (Å²) < 4.78 is 16.0. The van der Waals surface area contributed by atoms with Gasteiger partial charge in [0, 0.05) is 40.4 Å². The van der Waals surface area contributed by atoms with E-state index in [0.29, 0.717) is 17.3 Å². The van der Waals surface area contributed by atoms with Crippen LogP contribution in [-0.2, 0) is 22.6 Å². The Morgan fingerprint density at radius 1 is 1.12 bits per heavy atom. The first-order valence-corrected chi connectivity index (χ1v) is 11.7. The van der Waals surface area contributed by atoms with Gasteiger partial charge in [0.25, 0.3) is 0 Å². The average molecular weight is 459 g/mol. The minimum atomic E-state index is -0.948. The molecule has 1 unspecified atom stereocenters. The highest BCUT2D eigenvalue weighted by Gasteiger charge is 2.33. The van der Waals surface area contributed by atoms with Gasteiger partial charge in [-0.1, -0.05) is 30.3 Å². The molecule has 3 aromatic rings. The largest absolute Gasteiger partial charge is 0.480 e. The molecule has 0 radical (unpaired) electrons. The number of Topliss-reactive ketones (excluding diaryl/α,β-unsaturated/α-hetero) is 1. The van der Waals surface area contributed by atoms with Gasteiger partial charge >= 0.3 is 5.97 Å². The Balaban J connectivity index is 1.59. The molecule has 2 aliphatic rings. The molecular weight excluding hydrogens is 431 g/mol. The molecule has 0 spiro atoms. The zero-order valence-corrected chi connectivity index (χ0v) is 19.1. The number of allylic oxidation sites excluding steroid dienone is 2. The standard InChI is InChI=1S/C28H27FN2O3/c1-17-27(22-14-19(29)11-12-24(22)31(17)16-26(33)34)23-15-30-28(21-10-6-5-9-20(21)23)25(32)13-18-7-3-2-4-8-18/h2-4,7-8,11-12,14-15,28,30H,5-6,9-10,13,16H2,1H3,(H,33,34). The van der Waals surface area contributed by atoms with Crippen molar-refractivity contribution in [3.05, 3.63) is 88.5 Å². The van der Waals surface area contributed by atoms with Crippen molar-refractivity contribution in [2.45, 2.75) is 51.6 Å². The van der Waals surface area contributed by atoms with Crippen LogP contribution in [0.5, 0.6) is 0 Å². The number of hydrogen-bond acceptors (Lipinski definition) is 3. The van der Waals surface area contributed by atoms with Crippen LogP contribution < -0.4 is 5.32 Å². The fourth-order valence-corrected chi connectivity index (χ4v) is 5.45. The molecule has 1 aliphatic heterocycles. The van der Waals surface area contributed by atoms with Crippen LogP contribution >= 0.6 is 0 Å². The second-order valence-electron chi connectivity index (χ2n) is 9.10. The smallest absolute Gasteiger partial charge is 0.323 e. The predicted octanol–water partition coefficient (Wildman–Crippen LogP) is 5.17. The molecule has 0 saturated carbocycles. The van der Waals surface area contributed by atoms with Gasteiger partial charge in [0.1, 0.15) is 18.4 Å². The van der Waals surface area contributed by atoms with Gasteiger partial charge in [-0.15, -0.1) is 0 Å². The summed E-state index contributed by atoms with van der Waals surface area (Å²) in [5, 5.41) is 13.5. The number of nitrogens with zero attached hydrogens (tertiary/aromatic N) is 1. The van der Waals surface area contributed by atoms with E-state index < -0.39 is 5.97 Å². The minimum absolute atomic E-state index is 0.131. The maximum Gasteiger partial charge on any atom is 0.323 e. The number of aliphatic carboxylic acids is 1. The van der Waals surface area contributed by atoms with Crippen molar-refractivity contribution in [1.82, 2.24) is 9.88 Å². The highest BCUT2D eigenvalue weighted by molar-refractivity contribution is 6.01. The molecule has 34 heavy (non-hydrogen) atoms. The number of nitrogens with one attached hydrogen (secondary N) is 1. The highest BCUT2D eigenvalue weighted by Crippen LogP contribution is 2.43. The second kappa shape index (κ2) is 8.93. The summed E-state index contributed by atoms with van der Waals surface area (Å²) in [6.45, 7) is 1.69. The number of carbonyl (C=O) groups excluding carboxylic acids is 1. The van der Waals surface area contributed by atoms with E-state index in [0.717, 1.165) is 59.2 Å². The van der Waals surface area contributed by atoms with Gasteiger partial charge in [-0.05, 0) is 67.5 Å². The van der Waals surface area contributed by atoms with E-state index in [9.17, 15) is 19.1 Å². The van der Waals surface area contributed by atoms with Gasteiger partial charge in [0.05, 0.1) is 0 Å². The summed E-state index contributed by atoms with van der Waals surface area (Å²) in [6, 6.07) is 13.9. The highest BCUT2D eigenvalue weighted by atomic mass is 19.1. The van der Waals surface area contributed by atoms with Crippen LogP contribution in [0.3, 0.4) is 0 Å². The zero-order valence-electron chi connectivity index (χ0n) is 19.1. The molecular formula is C28H27FN2O3. The summed E-state index contributed by atoms with van der Waals surface area (Å²) in [7, 11) is 0. The Hall–Kier alpha value is -3.67. The Bertz CT molecular complexity index is 1350. The number of fused-ring (bicyclic) bond motifs is 1. The Morgan fingerprint density at radius 2 is 1.88 bits per heavy atom. The van der Waals surface area contributed by atoms with Crippen molar-refractivity contribution < 1.29 is 19.1 Å². The first-order valence-electron chi connectivity index (χ1n) is 11.7. The van der Waals surface area contributed by atoms with Crippen LogP contribution in [0.15, 0.2) is 65.9 Å². The number of carbonyl (C=O) groups is 2. The Kier molecular flexibility index (Phi) is 5.82. The number of dihydropyridines is 1. The lowest BCUT2D eigenvalue weighted by atomic mass is 9.78. The quantitative estimate of drug-likeness (QED) is 0.535. The third kappa shape index (κ3) is 3.94. The third-order valence-electron chi connectivity index (χ3n) is 6.97. The maximum atomic E-state index is 14.3. The topological polar surface area (TPSA) is 71.3 Å². The van der Waals surface area contributed by atoms with Crippen molar-refractivity contribution in [2.75, 3.05) is 0 Å². The number of carboxylic acid groups (broad SMARTS) is 1. The molecule has 1 atom stereocenters. The molecule has 0 amide bonds. The molecule has 1 aliphatic carbocycles. The number of rotatable bonds is 6. The summed E-state index contributed by atoms with van der Waals surface area (Å²) in [5.41, 5.74) is 6.49. The predicted molar refractivity (Wildman–Crippen MR) is 130 cm³/mol. The van der Waals surface area contributed by atoms with Crippen molar-refractivity contribution in [2.24, 2.45) is 0 Å². The second-order valence-corrected chi connectivity index (χ2v) is 9.10. The molecule has 1 aromatic heterocycles. The van der Waals surface area contributed by atoms with Gasteiger partial charge in [-0.3, -0.25) is 9.59 Å². The molecule has 6 heteroatoms. The molecule has 5 nitrogen and oxygen atoms in total. The number of benzene rings is 2. The lowest BCUT2D eigenvalue weighted by Crippen LogP contribution is -2.40. The fraction of sp³-hybridized carbons (Fsp3) is 0.286. The summed E-state index contributed by atoms with van der Waals surface area (Å²) in [4.78, 5) is 24.8. The molecule has 174 valence electrons. The van der Waals surface area contributed by atoms with Crippen molar-refractivity contribution in [1.29, 1.82) is 0 Å². The van der Waals surface area contributed by atoms with E-state index in [1.807, 2.05) is 43.5 Å². The lowest BCUT2D eigenvalue weighted by molar-refractivity contribution is -0.137. The monoisotopic (exact) mass is 458 g/mol. The first-order chi connectivity index (χ1) is 16.4. The van der Waals surface area contributed by atoms with Gasteiger partial charge in [-0.25, -0.2) is 4.39 Å². The molecule has 2 heterocycles. The van der Waals surface area contributed by atoms with Crippen LogP contribution in [0, 0.1) is 12.7 Å². The third-order valence-corrected chi connectivity index (χ3v) is 6.97. The van der Waals surface area contributed by atoms with E-state index in [1.54, 1.807) is 10.6 Å². The van der Waals surface area contributed by atoms with E-state index >= 15 is 0 Å². The molecule has 0 bridgehead atoms. The van der Waals surface area contributed by atoms with E-state index in [2.05, 4.69) is 5.32 Å². The maximum absolute atomic E-state index is 14.3. The molecule has 2 N–H and O–H groups in total. The van der Waals surface area contributed by atoms with Crippen LogP contribution in [0.25, 0.3) is 16.5 Å². The summed E-state index contributed by atoms with van der Waals surface area (Å²) >= 11 is 0. The van der Waals surface area contributed by atoms with Gasteiger partial charge in [0.2, 0.25) is 0 Å². The Morgan fingerprint density at radius 3 is 2.65 bits per heavy atom. The molecule has 0 fully saturated rings. The minimum Gasteiger partial charge on any atom is -0.480 e. The van der Waals surface area contributed by atoms with Crippen molar-refractivity contribution >= 4 is 28.2 Å². The molecule has 2 aromatic carbocycles. The number of carboxylic acids is 1. The van der Waals surface area contributed by atoms with Crippen LogP contribution in [0.1, 0.15) is 42.5 Å². The van der Waals surface area contributed by atoms with Crippen LogP contribution in [0.4, 0.5) is 4.39 Å². The van der Waals surface area contributed by atoms with Gasteiger partial charge in [-0.2, -0.15) is 0 Å². The average Bonchev–Trinajstić information content (AvgIpc) is 3.08. The lowest BCUT2D eigenvalue weighted by Gasteiger charge is -2.33. The normalized spacial score (nSPS) is 17.8. The number of hydrogen-bond donors (Lipinski definition) is 2. The Labute approximate surface area is 197 Å². The van der Waals surface area contributed by atoms with E-state index in [1.165, 1.54) is 12.1 Å². The van der Waals surface area contributed by atoms with Crippen LogP contribution in [0.2, 0.25) is 0 Å². The van der Waals surface area contributed by atoms with Gasteiger partial charge < -0.3 is 15.0 Å². The van der Waals surface area contributed by atoms with Crippen LogP contribution in [-0.4, -0.2) is 27.5 Å². The number of halogens is 1. The zero-order chi connectivity index (χ0) is 23.8. The fourth-order valence-electron chi connectivity index (χ4n) is 5.45. The van der Waals surface area contributed by atoms with E-state index in [4.69, 9.17) is 0 Å².